The molecule has 2 aromatic carbocycles. The van der Waals surface area contributed by atoms with E-state index < -0.39 is 0 Å². The molecular formula is C25H31N3O4. The Bertz CT molecular complexity index is 975. The number of ether oxygens (including phenoxy) is 2. The molecule has 7 nitrogen and oxygen atoms in total. The van der Waals surface area contributed by atoms with Crippen LogP contribution >= 0.6 is 0 Å². The lowest BCUT2D eigenvalue weighted by Gasteiger charge is -2.38. The van der Waals surface area contributed by atoms with Gasteiger partial charge in [0.05, 0.1) is 33.4 Å². The van der Waals surface area contributed by atoms with Gasteiger partial charge in [0.15, 0.2) is 11.5 Å². The van der Waals surface area contributed by atoms with Crippen molar-refractivity contribution >= 4 is 11.8 Å². The molecule has 2 aliphatic rings. The fraction of sp³-hybridized carbons (Fsp3) is 0.440. The van der Waals surface area contributed by atoms with Gasteiger partial charge in [-0.25, -0.2) is 0 Å². The Morgan fingerprint density at radius 1 is 1.09 bits per heavy atom. The largest absolute Gasteiger partial charge is 0.493 e. The molecule has 4 rings (SSSR count). The number of amides is 2. The van der Waals surface area contributed by atoms with E-state index in [0.29, 0.717) is 17.5 Å². The summed E-state index contributed by atoms with van der Waals surface area (Å²) in [6.07, 6.45) is 2.87. The normalized spacial score (nSPS) is 17.9. The van der Waals surface area contributed by atoms with Crippen LogP contribution in [0.25, 0.3) is 0 Å². The zero-order valence-corrected chi connectivity index (χ0v) is 19.0. The second kappa shape index (κ2) is 9.61. The Balaban J connectivity index is 1.57. The highest BCUT2D eigenvalue weighted by Crippen LogP contribution is 2.40. The van der Waals surface area contributed by atoms with Gasteiger partial charge in [-0.2, -0.15) is 0 Å². The molecule has 2 aromatic rings. The average Bonchev–Trinajstić information content (AvgIpc) is 3.62. The fourth-order valence-electron chi connectivity index (χ4n) is 4.29. The first-order chi connectivity index (χ1) is 15.5. The lowest BCUT2D eigenvalue weighted by molar-refractivity contribution is -0.136. The minimum absolute atomic E-state index is 0.0687. The second-order valence-corrected chi connectivity index (χ2v) is 8.53. The van der Waals surface area contributed by atoms with Crippen LogP contribution in [0.3, 0.4) is 0 Å². The molecule has 0 unspecified atom stereocenters. The van der Waals surface area contributed by atoms with E-state index in [4.69, 9.17) is 9.47 Å². The van der Waals surface area contributed by atoms with E-state index in [1.54, 1.807) is 21.3 Å². The van der Waals surface area contributed by atoms with Gasteiger partial charge in [-0.05, 0) is 48.1 Å². The number of fused-ring (bicyclic) bond motifs is 1. The summed E-state index contributed by atoms with van der Waals surface area (Å²) in [7, 11) is 4.97. The number of rotatable bonds is 8. The zero-order chi connectivity index (χ0) is 22.7. The van der Waals surface area contributed by atoms with Crippen molar-refractivity contribution in [2.24, 2.45) is 0 Å². The summed E-state index contributed by atoms with van der Waals surface area (Å²) >= 11 is 0. The van der Waals surface area contributed by atoms with Gasteiger partial charge in [0.1, 0.15) is 0 Å². The number of nitrogens with zero attached hydrogens (tertiary/aromatic N) is 2. The maximum absolute atomic E-state index is 13.0. The van der Waals surface area contributed by atoms with Gasteiger partial charge in [0.2, 0.25) is 11.8 Å². The number of nitrogens with one attached hydrogen (secondary N) is 1. The van der Waals surface area contributed by atoms with E-state index in [9.17, 15) is 9.59 Å². The minimum atomic E-state index is -0.0937. The molecule has 7 heteroatoms. The molecule has 1 saturated carbocycles. The third-order valence-corrected chi connectivity index (χ3v) is 6.18. The second-order valence-electron chi connectivity index (χ2n) is 8.53. The van der Waals surface area contributed by atoms with Gasteiger partial charge >= 0.3 is 0 Å². The molecule has 1 aliphatic carbocycles. The van der Waals surface area contributed by atoms with Gasteiger partial charge in [-0.15, -0.1) is 0 Å². The van der Waals surface area contributed by atoms with E-state index in [1.807, 2.05) is 30.3 Å². The Morgan fingerprint density at radius 2 is 1.78 bits per heavy atom. The molecule has 0 radical (unpaired) electrons. The molecule has 1 heterocycles. The number of likely N-dealkylation sites (N-methyl/N-ethyl adjacent to an activating group) is 1. The summed E-state index contributed by atoms with van der Waals surface area (Å²) < 4.78 is 11.1. The van der Waals surface area contributed by atoms with Crippen molar-refractivity contribution in [3.8, 4) is 11.5 Å². The Kier molecular flexibility index (Phi) is 6.65. The predicted octanol–water partition coefficient (Wildman–Crippen LogP) is 2.39. The van der Waals surface area contributed by atoms with Gasteiger partial charge in [0.25, 0.3) is 0 Å². The molecular weight excluding hydrogens is 406 g/mol. The van der Waals surface area contributed by atoms with Crippen LogP contribution in [0.2, 0.25) is 0 Å². The average molecular weight is 438 g/mol. The Morgan fingerprint density at radius 3 is 2.44 bits per heavy atom. The molecule has 0 aromatic heterocycles. The number of carbonyl (C=O) groups is 2. The van der Waals surface area contributed by atoms with Crippen molar-refractivity contribution in [3.63, 3.8) is 0 Å². The summed E-state index contributed by atoms with van der Waals surface area (Å²) in [4.78, 5) is 28.9. The molecule has 0 bridgehead atoms. The first-order valence-electron chi connectivity index (χ1n) is 11.1. The van der Waals surface area contributed by atoms with Crippen molar-refractivity contribution in [2.75, 3.05) is 40.9 Å². The topological polar surface area (TPSA) is 71.1 Å². The summed E-state index contributed by atoms with van der Waals surface area (Å²) in [6.45, 7) is 1.05. The monoisotopic (exact) mass is 437 g/mol. The highest BCUT2D eigenvalue weighted by molar-refractivity contribution is 5.85. The highest BCUT2D eigenvalue weighted by atomic mass is 16.5. The Labute approximate surface area is 189 Å². The summed E-state index contributed by atoms with van der Waals surface area (Å²) in [5, 5.41) is 2.94. The fourth-order valence-corrected chi connectivity index (χ4v) is 4.29. The van der Waals surface area contributed by atoms with Crippen LogP contribution in [0, 0.1) is 0 Å². The van der Waals surface area contributed by atoms with Crippen molar-refractivity contribution in [1.29, 1.82) is 0 Å². The quantitative estimate of drug-likeness (QED) is 0.687. The van der Waals surface area contributed by atoms with Crippen LogP contribution < -0.4 is 14.8 Å². The Hall–Kier alpha value is -3.06. The van der Waals surface area contributed by atoms with Crippen LogP contribution in [0.4, 0.5) is 0 Å². The number of hydrogen-bond donors (Lipinski definition) is 1. The lowest BCUT2D eigenvalue weighted by Crippen LogP contribution is -2.46. The van der Waals surface area contributed by atoms with Gasteiger partial charge in [-0.3, -0.25) is 14.5 Å². The van der Waals surface area contributed by atoms with Crippen LogP contribution in [-0.2, 0) is 16.0 Å². The van der Waals surface area contributed by atoms with Crippen LogP contribution in [-0.4, -0.2) is 68.6 Å². The summed E-state index contributed by atoms with van der Waals surface area (Å²) in [5.41, 5.74) is 3.42. The molecule has 1 aliphatic heterocycles. The number of hydrogen-bond acceptors (Lipinski definition) is 5. The predicted molar refractivity (Wildman–Crippen MR) is 122 cm³/mol. The van der Waals surface area contributed by atoms with E-state index in [1.165, 1.54) is 10.5 Å². The van der Waals surface area contributed by atoms with Gasteiger partial charge in [0, 0.05) is 19.6 Å². The van der Waals surface area contributed by atoms with Crippen molar-refractivity contribution in [2.45, 2.75) is 31.3 Å². The van der Waals surface area contributed by atoms with Crippen molar-refractivity contribution in [3.05, 3.63) is 59.2 Å². The zero-order valence-electron chi connectivity index (χ0n) is 19.0. The maximum atomic E-state index is 13.0. The van der Waals surface area contributed by atoms with Crippen molar-refractivity contribution < 1.29 is 19.1 Å². The van der Waals surface area contributed by atoms with E-state index in [-0.39, 0.29) is 30.9 Å². The van der Waals surface area contributed by atoms with E-state index >= 15 is 0 Å². The van der Waals surface area contributed by atoms with E-state index in [2.05, 4.69) is 22.3 Å². The molecule has 1 fully saturated rings. The molecule has 32 heavy (non-hydrogen) atoms. The standard InChI is InChI=1S/C25H31N3O4/c1-27(15-23(29)26-19-9-10-19)24(30)16-28-12-11-18-13-21(31-2)22(32-3)14-20(18)25(28)17-7-5-4-6-8-17/h4-8,13-14,19,25H,9-12,15-16H2,1-3H3,(H,26,29)/t25-/m0/s1. The molecule has 1 atom stereocenters. The third-order valence-electron chi connectivity index (χ3n) is 6.18. The lowest BCUT2D eigenvalue weighted by atomic mass is 9.87. The molecule has 2 amide bonds. The minimum Gasteiger partial charge on any atom is -0.493 e. The number of methoxy groups -OCH3 is 2. The maximum Gasteiger partial charge on any atom is 0.239 e. The summed E-state index contributed by atoms with van der Waals surface area (Å²) in [5.74, 6) is 1.22. The smallest absolute Gasteiger partial charge is 0.239 e. The van der Waals surface area contributed by atoms with Crippen LogP contribution in [0.15, 0.2) is 42.5 Å². The molecule has 1 N–H and O–H groups in total. The molecule has 170 valence electrons. The van der Waals surface area contributed by atoms with Gasteiger partial charge < -0.3 is 19.7 Å². The molecule has 0 spiro atoms. The summed E-state index contributed by atoms with van der Waals surface area (Å²) in [6, 6.07) is 14.5. The number of benzene rings is 2. The highest BCUT2D eigenvalue weighted by Gasteiger charge is 2.32. The number of carbonyl (C=O) groups excluding carboxylic acids is 2. The molecule has 0 saturated heterocycles. The first-order valence-corrected chi connectivity index (χ1v) is 11.1. The van der Waals surface area contributed by atoms with Gasteiger partial charge in [-0.1, -0.05) is 30.3 Å². The SMILES string of the molecule is COc1cc2c(cc1OC)[C@H](c1ccccc1)N(CC(=O)N(C)CC(=O)NC1CC1)CC2. The van der Waals surface area contributed by atoms with Crippen LogP contribution in [0.5, 0.6) is 11.5 Å². The van der Waals surface area contributed by atoms with E-state index in [0.717, 1.165) is 36.9 Å². The van der Waals surface area contributed by atoms with Crippen LogP contribution in [0.1, 0.15) is 35.6 Å². The first kappa shape index (κ1) is 22.1. The van der Waals surface area contributed by atoms with Crippen molar-refractivity contribution in [1.82, 2.24) is 15.1 Å². The third kappa shape index (κ3) is 4.88.